The Morgan fingerprint density at radius 2 is 0.816 bits per heavy atom. The van der Waals surface area contributed by atoms with Gasteiger partial charge in [0.25, 0.3) is 0 Å². The fraction of sp³-hybridized carbons (Fsp3) is 0.889. The van der Waals surface area contributed by atoms with Crippen LogP contribution in [0.3, 0.4) is 0 Å². The first-order valence-corrected chi connectivity index (χ1v) is 13.8. The van der Waals surface area contributed by atoms with E-state index in [1.165, 1.54) is 0 Å². The van der Waals surface area contributed by atoms with E-state index in [9.17, 15) is 4.79 Å². The van der Waals surface area contributed by atoms with E-state index >= 15 is 0 Å². The van der Waals surface area contributed by atoms with Gasteiger partial charge in [-0.05, 0) is 6.42 Å². The summed E-state index contributed by atoms with van der Waals surface area (Å²) < 4.78 is 53.6. The van der Waals surface area contributed by atoms with E-state index in [0.29, 0.717) is 125 Å². The highest BCUT2D eigenvalue weighted by Gasteiger charge is 2.01. The maximum atomic E-state index is 11.4. The molecule has 38 heavy (non-hydrogen) atoms. The van der Waals surface area contributed by atoms with E-state index in [2.05, 4.69) is 13.5 Å². The molecule has 0 unspecified atom stereocenters. The van der Waals surface area contributed by atoms with Crippen molar-refractivity contribution in [3.05, 3.63) is 12.7 Å². The smallest absolute Gasteiger partial charge is 0.305 e. The van der Waals surface area contributed by atoms with Gasteiger partial charge in [0, 0.05) is 6.42 Å². The minimum atomic E-state index is -0.157. The molecule has 0 aliphatic rings. The van der Waals surface area contributed by atoms with Crippen molar-refractivity contribution in [2.45, 2.75) is 32.6 Å². The zero-order valence-electron chi connectivity index (χ0n) is 23.5. The molecule has 0 aliphatic heterocycles. The lowest BCUT2D eigenvalue weighted by atomic mass is 10.2. The van der Waals surface area contributed by atoms with Gasteiger partial charge in [0.05, 0.1) is 119 Å². The van der Waals surface area contributed by atoms with Crippen LogP contribution in [0, 0.1) is 0 Å². The Morgan fingerprint density at radius 1 is 0.500 bits per heavy atom. The first kappa shape index (κ1) is 36.8. The normalized spacial score (nSPS) is 11.2. The quantitative estimate of drug-likeness (QED) is 0.0680. The number of unbranched alkanes of at least 4 members (excludes halogenated alkanes) is 2. The average molecular weight is 553 g/mol. The second kappa shape index (κ2) is 33.9. The molecule has 0 saturated carbocycles. The predicted octanol–water partition coefficient (Wildman–Crippen LogP) is 2.45. The SMILES string of the molecule is C=CCOCCOCCOCCOCCOCCOCCOCCOCCOCCOC(=O)CCCCC. The number of rotatable bonds is 33. The third-order valence-corrected chi connectivity index (χ3v) is 4.69. The molecule has 0 aliphatic carbocycles. The number of carbonyl (C=O) groups excluding carboxylic acids is 1. The van der Waals surface area contributed by atoms with Gasteiger partial charge < -0.3 is 47.4 Å². The lowest BCUT2D eigenvalue weighted by Gasteiger charge is -2.09. The van der Waals surface area contributed by atoms with Crippen LogP contribution in [0.15, 0.2) is 12.7 Å². The Balaban J connectivity index is 3.06. The summed E-state index contributed by atoms with van der Waals surface area (Å²) in [6.07, 6.45) is 5.21. The van der Waals surface area contributed by atoms with Gasteiger partial charge in [0.2, 0.25) is 0 Å². The van der Waals surface area contributed by atoms with Crippen LogP contribution in [0.1, 0.15) is 32.6 Å². The van der Waals surface area contributed by atoms with Crippen LogP contribution in [-0.4, -0.2) is 132 Å². The average Bonchev–Trinajstić information content (AvgIpc) is 2.92. The zero-order valence-corrected chi connectivity index (χ0v) is 23.5. The number of carbonyl (C=O) groups is 1. The third-order valence-electron chi connectivity index (χ3n) is 4.69. The van der Waals surface area contributed by atoms with Crippen molar-refractivity contribution < 1.29 is 52.2 Å². The molecule has 0 bridgehead atoms. The highest BCUT2D eigenvalue weighted by molar-refractivity contribution is 5.69. The molecule has 0 rings (SSSR count). The fourth-order valence-electron chi connectivity index (χ4n) is 2.73. The Bertz CT molecular complexity index is 480. The van der Waals surface area contributed by atoms with Gasteiger partial charge in [-0.2, -0.15) is 0 Å². The Labute approximate surface area is 229 Å². The van der Waals surface area contributed by atoms with E-state index in [1.54, 1.807) is 6.08 Å². The minimum Gasteiger partial charge on any atom is -0.463 e. The molecule has 0 aromatic carbocycles. The molecule has 0 aromatic heterocycles. The molecule has 226 valence electrons. The standard InChI is InChI=1S/C27H52O11/c1-3-5-6-7-27(28)38-26-25-37-24-23-36-22-21-35-20-19-34-18-17-33-16-15-32-14-13-31-12-11-30-10-9-29-8-4-2/h4H,2-3,5-26H2,1H3. The molecule has 0 radical (unpaired) electrons. The summed E-state index contributed by atoms with van der Waals surface area (Å²) in [5.41, 5.74) is 0. The van der Waals surface area contributed by atoms with Crippen molar-refractivity contribution >= 4 is 5.97 Å². The van der Waals surface area contributed by atoms with Crippen LogP contribution in [0.4, 0.5) is 0 Å². The largest absolute Gasteiger partial charge is 0.463 e. The van der Waals surface area contributed by atoms with Gasteiger partial charge in [-0.1, -0.05) is 25.8 Å². The van der Waals surface area contributed by atoms with E-state index in [0.717, 1.165) is 19.3 Å². The molecule has 0 N–H and O–H groups in total. The summed E-state index contributed by atoms with van der Waals surface area (Å²) in [5.74, 6) is -0.157. The summed E-state index contributed by atoms with van der Waals surface area (Å²) in [5, 5.41) is 0. The van der Waals surface area contributed by atoms with Gasteiger partial charge in [-0.3, -0.25) is 4.79 Å². The number of ether oxygens (including phenoxy) is 10. The summed E-state index contributed by atoms with van der Waals surface area (Å²) in [7, 11) is 0. The van der Waals surface area contributed by atoms with E-state index in [1.807, 2.05) is 0 Å². The first-order valence-electron chi connectivity index (χ1n) is 13.8. The van der Waals surface area contributed by atoms with Crippen molar-refractivity contribution in [1.29, 1.82) is 0 Å². The predicted molar refractivity (Wildman–Crippen MR) is 143 cm³/mol. The second-order valence-corrected chi connectivity index (χ2v) is 7.94. The summed E-state index contributed by atoms with van der Waals surface area (Å²) in [4.78, 5) is 11.4. The number of hydrogen-bond acceptors (Lipinski definition) is 11. The Morgan fingerprint density at radius 3 is 1.13 bits per heavy atom. The van der Waals surface area contributed by atoms with Gasteiger partial charge in [-0.15, -0.1) is 6.58 Å². The molecule has 0 amide bonds. The monoisotopic (exact) mass is 552 g/mol. The van der Waals surface area contributed by atoms with E-state index in [4.69, 9.17) is 47.4 Å². The molecule has 11 nitrogen and oxygen atoms in total. The maximum absolute atomic E-state index is 11.4. The molecule has 0 spiro atoms. The van der Waals surface area contributed by atoms with Crippen LogP contribution in [-0.2, 0) is 52.2 Å². The van der Waals surface area contributed by atoms with Gasteiger partial charge in [0.15, 0.2) is 0 Å². The van der Waals surface area contributed by atoms with Crippen LogP contribution >= 0.6 is 0 Å². The minimum absolute atomic E-state index is 0.157. The highest BCUT2D eigenvalue weighted by atomic mass is 16.6. The molecule has 0 heterocycles. The van der Waals surface area contributed by atoms with Crippen molar-refractivity contribution in [2.75, 3.05) is 126 Å². The van der Waals surface area contributed by atoms with Crippen LogP contribution in [0.5, 0.6) is 0 Å². The zero-order chi connectivity index (χ0) is 27.6. The fourth-order valence-corrected chi connectivity index (χ4v) is 2.73. The molecule has 0 fully saturated rings. The summed E-state index contributed by atoms with van der Waals surface area (Å²) in [6, 6.07) is 0. The topological polar surface area (TPSA) is 109 Å². The highest BCUT2D eigenvalue weighted by Crippen LogP contribution is 2.00. The Kier molecular flexibility index (Phi) is 32.9. The molecule has 0 aromatic rings. The van der Waals surface area contributed by atoms with Crippen molar-refractivity contribution in [3.63, 3.8) is 0 Å². The van der Waals surface area contributed by atoms with E-state index < -0.39 is 0 Å². The molecular formula is C27H52O11. The molecule has 0 saturated heterocycles. The Hall–Kier alpha value is -1.15. The van der Waals surface area contributed by atoms with Crippen molar-refractivity contribution in [1.82, 2.24) is 0 Å². The van der Waals surface area contributed by atoms with E-state index in [-0.39, 0.29) is 12.6 Å². The van der Waals surface area contributed by atoms with Crippen molar-refractivity contribution in [3.8, 4) is 0 Å². The second-order valence-electron chi connectivity index (χ2n) is 7.94. The lowest BCUT2D eigenvalue weighted by Crippen LogP contribution is -2.15. The van der Waals surface area contributed by atoms with Crippen molar-refractivity contribution in [2.24, 2.45) is 0 Å². The lowest BCUT2D eigenvalue weighted by molar-refractivity contribution is -0.145. The maximum Gasteiger partial charge on any atom is 0.305 e. The summed E-state index contributed by atoms with van der Waals surface area (Å²) >= 11 is 0. The third kappa shape index (κ3) is 32.9. The van der Waals surface area contributed by atoms with Gasteiger partial charge in [-0.25, -0.2) is 0 Å². The van der Waals surface area contributed by atoms with Crippen LogP contribution in [0.25, 0.3) is 0 Å². The van der Waals surface area contributed by atoms with Gasteiger partial charge >= 0.3 is 5.97 Å². The summed E-state index contributed by atoms with van der Waals surface area (Å²) in [6.45, 7) is 15.1. The molecule has 11 heteroatoms. The first-order chi connectivity index (χ1) is 18.8. The van der Waals surface area contributed by atoms with Crippen LogP contribution in [0.2, 0.25) is 0 Å². The molecular weight excluding hydrogens is 500 g/mol. The number of hydrogen-bond donors (Lipinski definition) is 0. The van der Waals surface area contributed by atoms with Gasteiger partial charge in [0.1, 0.15) is 6.61 Å². The van der Waals surface area contributed by atoms with Crippen LogP contribution < -0.4 is 0 Å². The number of esters is 1. The molecule has 0 atom stereocenters.